The highest BCUT2D eigenvalue weighted by Crippen LogP contribution is 2.25. The predicted octanol–water partition coefficient (Wildman–Crippen LogP) is 2.29. The van der Waals surface area contributed by atoms with Crippen LogP contribution in [-0.2, 0) is 0 Å². The van der Waals surface area contributed by atoms with Gasteiger partial charge in [0.1, 0.15) is 5.01 Å². The molecule has 0 fully saturated rings. The molecular formula is C11H9N3OS. The molecule has 2 heterocycles. The zero-order chi connectivity index (χ0) is 11.1. The molecule has 4 nitrogen and oxygen atoms in total. The molecule has 3 aromatic rings. The smallest absolute Gasteiger partial charge is 0.306 e. The van der Waals surface area contributed by atoms with Gasteiger partial charge in [-0.3, -0.25) is 0 Å². The number of aromatic nitrogens is 3. The van der Waals surface area contributed by atoms with E-state index < -0.39 is 0 Å². The Morgan fingerprint density at radius 2 is 2.06 bits per heavy atom. The van der Waals surface area contributed by atoms with E-state index in [1.54, 1.807) is 11.3 Å². The molecule has 80 valence electrons. The van der Waals surface area contributed by atoms with Crippen LogP contribution in [-0.4, -0.2) is 15.0 Å². The highest BCUT2D eigenvalue weighted by atomic mass is 32.1. The van der Waals surface area contributed by atoms with E-state index in [0.29, 0.717) is 0 Å². The predicted molar refractivity (Wildman–Crippen MR) is 64.8 cm³/mol. The maximum Gasteiger partial charge on any atom is 0.323 e. The van der Waals surface area contributed by atoms with Gasteiger partial charge in [0.15, 0.2) is 0 Å². The highest BCUT2D eigenvalue weighted by molar-refractivity contribution is 7.13. The van der Waals surface area contributed by atoms with E-state index in [-0.39, 0.29) is 5.69 Å². The van der Waals surface area contributed by atoms with Gasteiger partial charge in [0.05, 0.1) is 11.0 Å². The van der Waals surface area contributed by atoms with Crippen molar-refractivity contribution in [2.24, 2.45) is 0 Å². The van der Waals surface area contributed by atoms with Crippen molar-refractivity contribution in [3.05, 3.63) is 39.8 Å². The van der Waals surface area contributed by atoms with Gasteiger partial charge in [-0.1, -0.05) is 0 Å². The number of thiazole rings is 1. The molecule has 0 unspecified atom stereocenters. The van der Waals surface area contributed by atoms with Crippen LogP contribution < -0.4 is 5.69 Å². The Bertz CT molecular complexity index is 707. The first kappa shape index (κ1) is 9.35. The highest BCUT2D eigenvalue weighted by Gasteiger charge is 2.04. The zero-order valence-electron chi connectivity index (χ0n) is 8.57. The third-order valence-corrected chi connectivity index (χ3v) is 3.39. The SMILES string of the molecule is Cc1csc(-c2ccc3[nH]c(=O)[nH]c3c2)n1. The number of rotatable bonds is 1. The lowest BCUT2D eigenvalue weighted by Gasteiger charge is -1.95. The summed E-state index contributed by atoms with van der Waals surface area (Å²) in [5.74, 6) is 0. The molecule has 0 radical (unpaired) electrons. The third-order valence-electron chi connectivity index (χ3n) is 2.38. The van der Waals surface area contributed by atoms with Crippen LogP contribution in [0.3, 0.4) is 0 Å². The average molecular weight is 231 g/mol. The van der Waals surface area contributed by atoms with Gasteiger partial charge in [0.25, 0.3) is 0 Å². The van der Waals surface area contributed by atoms with Crippen LogP contribution >= 0.6 is 11.3 Å². The second-order valence-corrected chi connectivity index (χ2v) is 4.49. The number of nitrogens with one attached hydrogen (secondary N) is 2. The zero-order valence-corrected chi connectivity index (χ0v) is 9.39. The molecule has 5 heteroatoms. The number of hydrogen-bond acceptors (Lipinski definition) is 3. The Balaban J connectivity index is 2.21. The number of nitrogens with zero attached hydrogens (tertiary/aromatic N) is 1. The van der Waals surface area contributed by atoms with E-state index in [0.717, 1.165) is 27.3 Å². The Morgan fingerprint density at radius 3 is 2.81 bits per heavy atom. The van der Waals surface area contributed by atoms with Crippen molar-refractivity contribution < 1.29 is 0 Å². The Morgan fingerprint density at radius 1 is 1.25 bits per heavy atom. The van der Waals surface area contributed by atoms with E-state index in [1.807, 2.05) is 30.5 Å². The molecule has 0 spiro atoms. The number of aromatic amines is 2. The maximum absolute atomic E-state index is 11.1. The minimum Gasteiger partial charge on any atom is -0.306 e. The van der Waals surface area contributed by atoms with Gasteiger partial charge in [-0.05, 0) is 25.1 Å². The number of imidazole rings is 1. The molecule has 3 rings (SSSR count). The summed E-state index contributed by atoms with van der Waals surface area (Å²) in [5, 5.41) is 2.99. The summed E-state index contributed by atoms with van der Waals surface area (Å²) in [7, 11) is 0. The fourth-order valence-electron chi connectivity index (χ4n) is 1.65. The summed E-state index contributed by atoms with van der Waals surface area (Å²) >= 11 is 1.60. The lowest BCUT2D eigenvalue weighted by atomic mass is 10.2. The molecule has 0 saturated heterocycles. The second-order valence-electron chi connectivity index (χ2n) is 3.63. The van der Waals surface area contributed by atoms with E-state index in [9.17, 15) is 4.79 Å². The minimum atomic E-state index is -0.178. The summed E-state index contributed by atoms with van der Waals surface area (Å²) in [6, 6.07) is 5.79. The number of aryl methyl sites for hydroxylation is 1. The third kappa shape index (κ3) is 1.45. The molecule has 16 heavy (non-hydrogen) atoms. The van der Waals surface area contributed by atoms with Crippen LogP contribution in [0.5, 0.6) is 0 Å². The van der Waals surface area contributed by atoms with Crippen LogP contribution in [0.15, 0.2) is 28.4 Å². The van der Waals surface area contributed by atoms with E-state index in [2.05, 4.69) is 15.0 Å². The molecule has 1 aromatic carbocycles. The molecule has 0 atom stereocenters. The van der Waals surface area contributed by atoms with Crippen LogP contribution in [0, 0.1) is 6.92 Å². The quantitative estimate of drug-likeness (QED) is 0.675. The molecule has 0 aliphatic carbocycles. The molecule has 0 saturated carbocycles. The van der Waals surface area contributed by atoms with Crippen molar-refractivity contribution in [1.29, 1.82) is 0 Å². The van der Waals surface area contributed by atoms with Crippen LogP contribution in [0.25, 0.3) is 21.6 Å². The first-order chi connectivity index (χ1) is 7.72. The Labute approximate surface area is 95.0 Å². The second kappa shape index (κ2) is 3.31. The standard InChI is InChI=1S/C11H9N3OS/c1-6-5-16-10(12-6)7-2-3-8-9(4-7)14-11(15)13-8/h2-5H,1H3,(H2,13,14,15). The molecule has 0 aliphatic heterocycles. The summed E-state index contributed by atoms with van der Waals surface area (Å²) in [6.07, 6.45) is 0. The maximum atomic E-state index is 11.1. The van der Waals surface area contributed by atoms with Crippen LogP contribution in [0.1, 0.15) is 5.69 Å². The molecule has 0 amide bonds. The summed E-state index contributed by atoms with van der Waals surface area (Å²) < 4.78 is 0. The van der Waals surface area contributed by atoms with Crippen molar-refractivity contribution in [1.82, 2.24) is 15.0 Å². The topological polar surface area (TPSA) is 61.5 Å². The first-order valence-corrected chi connectivity index (χ1v) is 5.75. The lowest BCUT2D eigenvalue weighted by Crippen LogP contribution is -1.99. The van der Waals surface area contributed by atoms with Crippen molar-refractivity contribution in [2.45, 2.75) is 6.92 Å². The molecule has 0 bridgehead atoms. The Kier molecular flexibility index (Phi) is 1.94. The fourth-order valence-corrected chi connectivity index (χ4v) is 2.45. The first-order valence-electron chi connectivity index (χ1n) is 4.87. The largest absolute Gasteiger partial charge is 0.323 e. The number of fused-ring (bicyclic) bond motifs is 1. The van der Waals surface area contributed by atoms with Gasteiger partial charge in [-0.15, -0.1) is 11.3 Å². The van der Waals surface area contributed by atoms with Crippen LogP contribution in [0.4, 0.5) is 0 Å². The molecular weight excluding hydrogens is 222 g/mol. The summed E-state index contributed by atoms with van der Waals surface area (Å²) in [5.41, 5.74) is 3.50. The Hall–Kier alpha value is -1.88. The minimum absolute atomic E-state index is 0.178. The summed E-state index contributed by atoms with van der Waals surface area (Å²) in [4.78, 5) is 21.0. The number of benzene rings is 1. The number of H-pyrrole nitrogens is 2. The van der Waals surface area contributed by atoms with Gasteiger partial charge in [-0.25, -0.2) is 9.78 Å². The molecule has 0 aliphatic rings. The number of hydrogen-bond donors (Lipinski definition) is 2. The molecule has 2 aromatic heterocycles. The van der Waals surface area contributed by atoms with Gasteiger partial charge in [-0.2, -0.15) is 0 Å². The van der Waals surface area contributed by atoms with Gasteiger partial charge in [0, 0.05) is 16.6 Å². The van der Waals surface area contributed by atoms with E-state index in [1.165, 1.54) is 0 Å². The van der Waals surface area contributed by atoms with Crippen molar-refractivity contribution in [3.63, 3.8) is 0 Å². The lowest BCUT2D eigenvalue weighted by molar-refractivity contribution is 1.21. The summed E-state index contributed by atoms with van der Waals surface area (Å²) in [6.45, 7) is 1.97. The van der Waals surface area contributed by atoms with Crippen molar-refractivity contribution in [2.75, 3.05) is 0 Å². The van der Waals surface area contributed by atoms with Crippen molar-refractivity contribution in [3.8, 4) is 10.6 Å². The van der Waals surface area contributed by atoms with Gasteiger partial charge in [0.2, 0.25) is 0 Å². The fraction of sp³-hybridized carbons (Fsp3) is 0.0909. The average Bonchev–Trinajstić information content (AvgIpc) is 2.81. The van der Waals surface area contributed by atoms with Crippen molar-refractivity contribution >= 4 is 22.4 Å². The van der Waals surface area contributed by atoms with Gasteiger partial charge >= 0.3 is 5.69 Å². The molecule has 2 N–H and O–H groups in total. The monoisotopic (exact) mass is 231 g/mol. The normalized spacial score (nSPS) is 11.1. The van der Waals surface area contributed by atoms with E-state index >= 15 is 0 Å². The van der Waals surface area contributed by atoms with Gasteiger partial charge < -0.3 is 9.97 Å². The van der Waals surface area contributed by atoms with E-state index in [4.69, 9.17) is 0 Å². The van der Waals surface area contributed by atoms with Crippen LogP contribution in [0.2, 0.25) is 0 Å².